The van der Waals surface area contributed by atoms with Crippen molar-refractivity contribution in [2.24, 2.45) is 0 Å². The fourth-order valence-electron chi connectivity index (χ4n) is 3.63. The highest BCUT2D eigenvalue weighted by molar-refractivity contribution is 6.46. The van der Waals surface area contributed by atoms with E-state index in [0.717, 1.165) is 16.7 Å². The number of benzene rings is 3. The fourth-order valence-corrected chi connectivity index (χ4v) is 3.81. The van der Waals surface area contributed by atoms with Crippen LogP contribution in [0, 0.1) is 20.8 Å². The molecule has 0 saturated heterocycles. The lowest BCUT2D eigenvalue weighted by molar-refractivity contribution is -0.120. The Morgan fingerprint density at radius 1 is 0.812 bits per heavy atom. The molecule has 0 bridgehead atoms. The quantitative estimate of drug-likeness (QED) is 0.513. The Morgan fingerprint density at radius 2 is 1.50 bits per heavy atom. The van der Waals surface area contributed by atoms with Crippen molar-refractivity contribution in [1.82, 2.24) is 0 Å². The first-order valence-electron chi connectivity index (χ1n) is 10.2. The Hall–Kier alpha value is -3.57. The maximum Gasteiger partial charge on any atom is 0.282 e. The molecule has 0 atom stereocenters. The third-order valence-corrected chi connectivity index (χ3v) is 5.91. The van der Waals surface area contributed by atoms with Gasteiger partial charge < -0.3 is 10.1 Å². The molecule has 0 unspecified atom stereocenters. The Morgan fingerprint density at radius 3 is 2.16 bits per heavy atom. The van der Waals surface area contributed by atoms with Crippen molar-refractivity contribution in [3.8, 4) is 5.75 Å². The highest BCUT2D eigenvalue weighted by Gasteiger charge is 2.40. The van der Waals surface area contributed by atoms with Gasteiger partial charge in [0.15, 0.2) is 0 Å². The maximum atomic E-state index is 13.6. The van der Waals surface area contributed by atoms with Gasteiger partial charge in [0, 0.05) is 10.7 Å². The molecule has 0 radical (unpaired) electrons. The summed E-state index contributed by atoms with van der Waals surface area (Å²) in [5, 5.41) is 3.72. The predicted octanol–water partition coefficient (Wildman–Crippen LogP) is 5.67. The number of nitrogens with one attached hydrogen (secondary N) is 1. The van der Waals surface area contributed by atoms with Crippen LogP contribution in [0.25, 0.3) is 5.57 Å². The Balaban J connectivity index is 1.84. The number of hydrogen-bond acceptors (Lipinski definition) is 4. The average Bonchev–Trinajstić information content (AvgIpc) is 3.02. The van der Waals surface area contributed by atoms with Gasteiger partial charge in [0.05, 0.1) is 18.4 Å². The number of aryl methyl sites for hydroxylation is 3. The molecule has 0 aliphatic carbocycles. The second kappa shape index (κ2) is 8.52. The summed E-state index contributed by atoms with van der Waals surface area (Å²) >= 11 is 6.18. The van der Waals surface area contributed by atoms with Gasteiger partial charge in [-0.2, -0.15) is 0 Å². The zero-order valence-corrected chi connectivity index (χ0v) is 19.1. The molecule has 3 aromatic carbocycles. The van der Waals surface area contributed by atoms with Crippen LogP contribution in [-0.2, 0) is 9.59 Å². The molecule has 5 nitrogen and oxygen atoms in total. The summed E-state index contributed by atoms with van der Waals surface area (Å²) in [4.78, 5) is 28.3. The van der Waals surface area contributed by atoms with Crippen LogP contribution in [0.4, 0.5) is 11.4 Å². The molecular weight excluding hydrogens is 424 g/mol. The molecule has 0 aromatic heterocycles. The largest absolute Gasteiger partial charge is 0.497 e. The van der Waals surface area contributed by atoms with Gasteiger partial charge in [-0.3, -0.25) is 9.59 Å². The van der Waals surface area contributed by atoms with E-state index < -0.39 is 5.91 Å². The number of imide groups is 1. The van der Waals surface area contributed by atoms with E-state index in [1.165, 1.54) is 4.90 Å². The number of ether oxygens (including phenoxy) is 1. The zero-order chi connectivity index (χ0) is 23.0. The third kappa shape index (κ3) is 3.87. The van der Waals surface area contributed by atoms with Crippen LogP contribution in [0.3, 0.4) is 0 Å². The summed E-state index contributed by atoms with van der Waals surface area (Å²) < 4.78 is 5.24. The minimum atomic E-state index is -0.413. The predicted molar refractivity (Wildman–Crippen MR) is 128 cm³/mol. The Kier molecular flexibility index (Phi) is 5.76. The van der Waals surface area contributed by atoms with Gasteiger partial charge in [0.2, 0.25) is 0 Å². The van der Waals surface area contributed by atoms with Crippen LogP contribution in [0.5, 0.6) is 5.75 Å². The Labute approximate surface area is 192 Å². The monoisotopic (exact) mass is 446 g/mol. The summed E-state index contributed by atoms with van der Waals surface area (Å²) in [6.45, 7) is 5.85. The molecule has 162 valence electrons. The van der Waals surface area contributed by atoms with Gasteiger partial charge in [-0.1, -0.05) is 35.9 Å². The number of halogens is 1. The molecule has 0 saturated carbocycles. The number of hydrogen-bond donors (Lipinski definition) is 1. The van der Waals surface area contributed by atoms with Crippen molar-refractivity contribution in [1.29, 1.82) is 0 Å². The Bertz CT molecular complexity index is 1260. The number of amides is 2. The molecule has 32 heavy (non-hydrogen) atoms. The molecule has 1 heterocycles. The molecule has 3 aromatic rings. The second-order valence-corrected chi connectivity index (χ2v) is 8.21. The van der Waals surface area contributed by atoms with Gasteiger partial charge in [-0.15, -0.1) is 0 Å². The highest BCUT2D eigenvalue weighted by Crippen LogP contribution is 2.35. The molecule has 2 amide bonds. The summed E-state index contributed by atoms with van der Waals surface area (Å²) in [6, 6.07) is 18.0. The molecular formula is C26H23ClN2O3. The second-order valence-electron chi connectivity index (χ2n) is 7.78. The summed E-state index contributed by atoms with van der Waals surface area (Å²) in [7, 11) is 1.58. The van der Waals surface area contributed by atoms with Crippen LogP contribution < -0.4 is 15.0 Å². The highest BCUT2D eigenvalue weighted by atomic mass is 35.5. The van der Waals surface area contributed by atoms with Crippen LogP contribution in [-0.4, -0.2) is 18.9 Å². The number of carbonyl (C=O) groups excluding carboxylic acids is 2. The van der Waals surface area contributed by atoms with Crippen molar-refractivity contribution >= 4 is 40.4 Å². The minimum Gasteiger partial charge on any atom is -0.497 e. The van der Waals surface area contributed by atoms with E-state index in [9.17, 15) is 9.59 Å². The number of methoxy groups -OCH3 is 1. The van der Waals surface area contributed by atoms with Crippen molar-refractivity contribution in [3.63, 3.8) is 0 Å². The number of carbonyl (C=O) groups is 2. The summed E-state index contributed by atoms with van der Waals surface area (Å²) in [5.41, 5.74) is 5.33. The summed E-state index contributed by atoms with van der Waals surface area (Å²) in [5.74, 6) is -0.133. The van der Waals surface area contributed by atoms with Crippen LogP contribution in [0.1, 0.15) is 22.3 Å². The van der Waals surface area contributed by atoms with Crippen molar-refractivity contribution in [3.05, 3.63) is 93.6 Å². The van der Waals surface area contributed by atoms with Crippen molar-refractivity contribution in [2.75, 3.05) is 17.3 Å². The maximum absolute atomic E-state index is 13.6. The van der Waals surface area contributed by atoms with E-state index in [1.807, 2.05) is 39.0 Å². The average molecular weight is 447 g/mol. The molecule has 0 fully saturated rings. The third-order valence-electron chi connectivity index (χ3n) is 5.67. The lowest BCUT2D eigenvalue weighted by Gasteiger charge is -2.17. The number of rotatable bonds is 5. The topological polar surface area (TPSA) is 58.6 Å². The number of anilines is 2. The molecule has 1 N–H and O–H groups in total. The van der Waals surface area contributed by atoms with E-state index in [1.54, 1.807) is 49.6 Å². The van der Waals surface area contributed by atoms with Crippen LogP contribution in [0.15, 0.2) is 66.4 Å². The normalized spacial score (nSPS) is 13.7. The molecule has 0 spiro atoms. The first-order chi connectivity index (χ1) is 15.3. The van der Waals surface area contributed by atoms with Gasteiger partial charge in [0.1, 0.15) is 11.4 Å². The number of nitrogens with zero attached hydrogens (tertiary/aromatic N) is 1. The summed E-state index contributed by atoms with van der Waals surface area (Å²) in [6.07, 6.45) is 0. The van der Waals surface area contributed by atoms with Gasteiger partial charge in [0.25, 0.3) is 11.8 Å². The van der Waals surface area contributed by atoms with E-state index in [-0.39, 0.29) is 11.6 Å². The molecule has 6 heteroatoms. The SMILES string of the molecule is COc1ccc(C2=C(Nc3cc(Cl)ccc3C)C(=O)N(c3ccc(C)c(C)c3)C2=O)cc1. The zero-order valence-electron chi connectivity index (χ0n) is 18.3. The van der Waals surface area contributed by atoms with E-state index in [4.69, 9.17) is 16.3 Å². The van der Waals surface area contributed by atoms with Crippen molar-refractivity contribution in [2.45, 2.75) is 20.8 Å². The molecule has 1 aliphatic rings. The van der Waals surface area contributed by atoms with Gasteiger partial charge in [-0.25, -0.2) is 4.90 Å². The lowest BCUT2D eigenvalue weighted by atomic mass is 10.0. The first-order valence-corrected chi connectivity index (χ1v) is 10.6. The minimum absolute atomic E-state index is 0.212. The van der Waals surface area contributed by atoms with E-state index in [0.29, 0.717) is 33.3 Å². The van der Waals surface area contributed by atoms with Crippen molar-refractivity contribution < 1.29 is 14.3 Å². The van der Waals surface area contributed by atoms with Gasteiger partial charge in [-0.05, 0) is 79.4 Å². The molecule has 1 aliphatic heterocycles. The smallest absolute Gasteiger partial charge is 0.282 e. The first kappa shape index (κ1) is 21.7. The van der Waals surface area contributed by atoms with E-state index >= 15 is 0 Å². The van der Waals surface area contributed by atoms with Gasteiger partial charge >= 0.3 is 0 Å². The van der Waals surface area contributed by atoms with Crippen LogP contribution in [0.2, 0.25) is 5.02 Å². The fraction of sp³-hybridized carbons (Fsp3) is 0.154. The van der Waals surface area contributed by atoms with E-state index in [2.05, 4.69) is 5.32 Å². The molecule has 4 rings (SSSR count). The standard InChI is InChI=1S/C26H23ClN2O3/c1-15-6-10-20(13-17(15)3)29-25(30)23(18-7-11-21(32-4)12-8-18)24(26(29)31)28-22-14-19(27)9-5-16(22)2/h5-14,28H,1-4H3. The lowest BCUT2D eigenvalue weighted by Crippen LogP contribution is -2.32. The van der Waals surface area contributed by atoms with Crippen LogP contribution >= 0.6 is 11.6 Å².